The quantitative estimate of drug-likeness (QED) is 0.892. The van der Waals surface area contributed by atoms with Crippen LogP contribution in [-0.2, 0) is 0 Å². The van der Waals surface area contributed by atoms with E-state index in [-0.39, 0.29) is 5.56 Å². The maximum absolute atomic E-state index is 12.7. The summed E-state index contributed by atoms with van der Waals surface area (Å²) in [7, 11) is 1.48. The number of halogens is 3. The third-order valence-electron chi connectivity index (χ3n) is 2.83. The van der Waals surface area contributed by atoms with Gasteiger partial charge >= 0.3 is 6.18 Å². The monoisotopic (exact) mass is 255 g/mol. The number of nitrogens with two attached hydrogens (primary N) is 1. The standard InChI is InChI=1S/C13H12F3NO/c1-18-11-7-6-10(12(17)13(14,15)16)8-4-2-3-5-9(8)11/h2-7,12H,17H2,1H3/t12-/m1/s1. The van der Waals surface area contributed by atoms with Gasteiger partial charge in [0.05, 0.1) is 7.11 Å². The zero-order valence-electron chi connectivity index (χ0n) is 9.66. The summed E-state index contributed by atoms with van der Waals surface area (Å²) in [6.45, 7) is 0. The van der Waals surface area contributed by atoms with Crippen LogP contribution >= 0.6 is 0 Å². The molecule has 0 bridgehead atoms. The van der Waals surface area contributed by atoms with Crippen molar-refractivity contribution >= 4 is 10.8 Å². The van der Waals surface area contributed by atoms with Crippen molar-refractivity contribution in [2.45, 2.75) is 12.2 Å². The van der Waals surface area contributed by atoms with Crippen molar-refractivity contribution in [3.8, 4) is 5.75 Å². The van der Waals surface area contributed by atoms with Crippen molar-refractivity contribution in [2.75, 3.05) is 7.11 Å². The van der Waals surface area contributed by atoms with Gasteiger partial charge in [-0.05, 0) is 17.0 Å². The summed E-state index contributed by atoms with van der Waals surface area (Å²) >= 11 is 0. The molecule has 0 radical (unpaired) electrons. The fourth-order valence-electron chi connectivity index (χ4n) is 1.92. The summed E-state index contributed by atoms with van der Waals surface area (Å²) in [5.74, 6) is 0.531. The van der Waals surface area contributed by atoms with Crippen LogP contribution < -0.4 is 10.5 Å². The number of hydrogen-bond donors (Lipinski definition) is 1. The summed E-state index contributed by atoms with van der Waals surface area (Å²) in [4.78, 5) is 0. The predicted octanol–water partition coefficient (Wildman–Crippen LogP) is 3.41. The van der Waals surface area contributed by atoms with E-state index >= 15 is 0 Å². The van der Waals surface area contributed by atoms with Gasteiger partial charge in [0.2, 0.25) is 0 Å². The molecule has 0 saturated carbocycles. The lowest BCUT2D eigenvalue weighted by molar-refractivity contribution is -0.148. The highest BCUT2D eigenvalue weighted by Gasteiger charge is 2.38. The third kappa shape index (κ3) is 2.13. The molecule has 18 heavy (non-hydrogen) atoms. The summed E-state index contributed by atoms with van der Waals surface area (Å²) < 4.78 is 43.2. The molecular weight excluding hydrogens is 243 g/mol. The first-order valence-corrected chi connectivity index (χ1v) is 5.33. The summed E-state index contributed by atoms with van der Waals surface area (Å²) in [6.07, 6.45) is -4.46. The highest BCUT2D eigenvalue weighted by Crippen LogP contribution is 2.37. The predicted molar refractivity (Wildman–Crippen MR) is 63.5 cm³/mol. The average molecular weight is 255 g/mol. The van der Waals surface area contributed by atoms with Crippen LogP contribution in [-0.4, -0.2) is 13.3 Å². The average Bonchev–Trinajstić information content (AvgIpc) is 2.35. The Hall–Kier alpha value is -1.75. The van der Waals surface area contributed by atoms with Crippen LogP contribution in [0.1, 0.15) is 11.6 Å². The SMILES string of the molecule is COc1ccc([C@@H](N)C(F)(F)F)c2ccccc12. The molecule has 96 valence electrons. The second-order valence-corrected chi connectivity index (χ2v) is 3.92. The molecule has 2 aromatic rings. The van der Waals surface area contributed by atoms with Gasteiger partial charge in [0, 0.05) is 5.39 Å². The van der Waals surface area contributed by atoms with Crippen LogP contribution in [0.25, 0.3) is 10.8 Å². The molecule has 0 aromatic heterocycles. The Bertz CT molecular complexity index is 566. The fourth-order valence-corrected chi connectivity index (χ4v) is 1.92. The van der Waals surface area contributed by atoms with E-state index in [1.54, 1.807) is 24.3 Å². The van der Waals surface area contributed by atoms with Gasteiger partial charge in [-0.25, -0.2) is 0 Å². The molecular formula is C13H12F3NO. The first kappa shape index (κ1) is 12.7. The topological polar surface area (TPSA) is 35.2 Å². The van der Waals surface area contributed by atoms with E-state index < -0.39 is 12.2 Å². The number of rotatable bonds is 2. The molecule has 2 nitrogen and oxygen atoms in total. The van der Waals surface area contributed by atoms with E-state index in [4.69, 9.17) is 10.5 Å². The van der Waals surface area contributed by atoms with Gasteiger partial charge in [0.1, 0.15) is 11.8 Å². The largest absolute Gasteiger partial charge is 0.496 e. The summed E-state index contributed by atoms with van der Waals surface area (Å²) in [6, 6.07) is 7.61. The number of methoxy groups -OCH3 is 1. The van der Waals surface area contributed by atoms with Gasteiger partial charge in [-0.15, -0.1) is 0 Å². The molecule has 0 aliphatic heterocycles. The fraction of sp³-hybridized carbons (Fsp3) is 0.231. The Kier molecular flexibility index (Phi) is 3.17. The second kappa shape index (κ2) is 4.49. The molecule has 0 fully saturated rings. The minimum absolute atomic E-state index is 0.0545. The lowest BCUT2D eigenvalue weighted by Gasteiger charge is -2.18. The van der Waals surface area contributed by atoms with Crippen LogP contribution in [0, 0.1) is 0 Å². The summed E-state index contributed by atoms with van der Waals surface area (Å²) in [5, 5.41) is 1.08. The van der Waals surface area contributed by atoms with Crippen LogP contribution in [0.15, 0.2) is 36.4 Å². The maximum atomic E-state index is 12.7. The number of ether oxygens (including phenoxy) is 1. The van der Waals surface area contributed by atoms with Gasteiger partial charge in [-0.2, -0.15) is 13.2 Å². The van der Waals surface area contributed by atoms with E-state index in [0.717, 1.165) is 0 Å². The zero-order valence-corrected chi connectivity index (χ0v) is 9.66. The van der Waals surface area contributed by atoms with E-state index in [2.05, 4.69) is 0 Å². The highest BCUT2D eigenvalue weighted by atomic mass is 19.4. The van der Waals surface area contributed by atoms with Crippen molar-refractivity contribution in [1.29, 1.82) is 0 Å². The Morgan fingerprint density at radius 1 is 1.06 bits per heavy atom. The molecule has 2 N–H and O–H groups in total. The van der Waals surface area contributed by atoms with E-state index in [0.29, 0.717) is 16.5 Å². The molecule has 5 heteroatoms. The van der Waals surface area contributed by atoms with Crippen molar-refractivity contribution in [3.05, 3.63) is 42.0 Å². The number of fused-ring (bicyclic) bond motifs is 1. The smallest absolute Gasteiger partial charge is 0.407 e. The van der Waals surface area contributed by atoms with Crippen molar-refractivity contribution < 1.29 is 17.9 Å². The molecule has 0 unspecified atom stereocenters. The maximum Gasteiger partial charge on any atom is 0.407 e. The van der Waals surface area contributed by atoms with E-state index in [1.165, 1.54) is 19.2 Å². The zero-order chi connectivity index (χ0) is 13.3. The van der Waals surface area contributed by atoms with Gasteiger partial charge in [-0.1, -0.05) is 30.3 Å². The molecule has 0 aliphatic rings. The molecule has 1 atom stereocenters. The van der Waals surface area contributed by atoms with Crippen LogP contribution in [0.2, 0.25) is 0 Å². The lowest BCUT2D eigenvalue weighted by Crippen LogP contribution is -2.28. The van der Waals surface area contributed by atoms with E-state index in [1.807, 2.05) is 0 Å². The number of benzene rings is 2. The van der Waals surface area contributed by atoms with Gasteiger partial charge in [0.15, 0.2) is 0 Å². The molecule has 0 spiro atoms. The highest BCUT2D eigenvalue weighted by molar-refractivity contribution is 5.91. The minimum atomic E-state index is -4.46. The number of hydrogen-bond acceptors (Lipinski definition) is 2. The van der Waals surface area contributed by atoms with Crippen LogP contribution in [0.4, 0.5) is 13.2 Å². The minimum Gasteiger partial charge on any atom is -0.496 e. The Morgan fingerprint density at radius 3 is 2.22 bits per heavy atom. The Labute approximate surface area is 102 Å². The molecule has 2 aromatic carbocycles. The molecule has 2 rings (SSSR count). The van der Waals surface area contributed by atoms with Gasteiger partial charge < -0.3 is 10.5 Å². The molecule has 0 saturated heterocycles. The van der Waals surface area contributed by atoms with Gasteiger partial charge in [0.25, 0.3) is 0 Å². The first-order valence-electron chi connectivity index (χ1n) is 5.33. The van der Waals surface area contributed by atoms with Crippen molar-refractivity contribution in [3.63, 3.8) is 0 Å². The normalized spacial score (nSPS) is 13.6. The van der Waals surface area contributed by atoms with E-state index in [9.17, 15) is 13.2 Å². The second-order valence-electron chi connectivity index (χ2n) is 3.92. The first-order chi connectivity index (χ1) is 8.45. The lowest BCUT2D eigenvalue weighted by atomic mass is 9.98. The Balaban J connectivity index is 2.67. The van der Waals surface area contributed by atoms with Gasteiger partial charge in [-0.3, -0.25) is 0 Å². The molecule has 0 aliphatic carbocycles. The summed E-state index contributed by atoms with van der Waals surface area (Å²) in [5.41, 5.74) is 5.32. The van der Waals surface area contributed by atoms with Crippen molar-refractivity contribution in [1.82, 2.24) is 0 Å². The van der Waals surface area contributed by atoms with Crippen LogP contribution in [0.3, 0.4) is 0 Å². The van der Waals surface area contributed by atoms with Crippen LogP contribution in [0.5, 0.6) is 5.75 Å². The third-order valence-corrected chi connectivity index (χ3v) is 2.83. The molecule has 0 heterocycles. The van der Waals surface area contributed by atoms with Crippen molar-refractivity contribution in [2.24, 2.45) is 5.73 Å². The Morgan fingerprint density at radius 2 is 1.67 bits per heavy atom. The number of alkyl halides is 3. The molecule has 0 amide bonds.